The maximum Gasteiger partial charge on any atom is 0.252 e. The van der Waals surface area contributed by atoms with Gasteiger partial charge in [0, 0.05) is 25.2 Å². The lowest BCUT2D eigenvalue weighted by Gasteiger charge is -2.30. The summed E-state index contributed by atoms with van der Waals surface area (Å²) in [5.74, 6) is -0.398. The van der Waals surface area contributed by atoms with Crippen molar-refractivity contribution in [3.63, 3.8) is 0 Å². The molecule has 1 atom stereocenters. The summed E-state index contributed by atoms with van der Waals surface area (Å²) in [6.07, 6.45) is 2.61. The van der Waals surface area contributed by atoms with Gasteiger partial charge in [0.2, 0.25) is 15.9 Å². The number of nitrogens with zero attached hydrogens (tertiary/aromatic N) is 1. The Morgan fingerprint density at radius 3 is 2.13 bits per heavy atom. The molecule has 3 rings (SSSR count). The van der Waals surface area contributed by atoms with Crippen LogP contribution in [0.2, 0.25) is 0 Å². The van der Waals surface area contributed by atoms with E-state index in [2.05, 4.69) is 10.6 Å². The van der Waals surface area contributed by atoms with Crippen LogP contribution in [0.5, 0.6) is 0 Å². The van der Waals surface area contributed by atoms with Crippen molar-refractivity contribution in [1.29, 1.82) is 0 Å². The second kappa shape index (κ2) is 9.86. The molecular formula is C22H27N3O4S. The summed E-state index contributed by atoms with van der Waals surface area (Å²) in [4.78, 5) is 25.6. The summed E-state index contributed by atoms with van der Waals surface area (Å²) in [7, 11) is -3.17. The van der Waals surface area contributed by atoms with E-state index in [0.29, 0.717) is 43.6 Å². The Hall–Kier alpha value is -2.71. The van der Waals surface area contributed by atoms with Crippen LogP contribution in [0.1, 0.15) is 34.8 Å². The van der Waals surface area contributed by atoms with Gasteiger partial charge >= 0.3 is 0 Å². The summed E-state index contributed by atoms with van der Waals surface area (Å²) in [6, 6.07) is 17.1. The molecule has 2 aromatic rings. The smallest absolute Gasteiger partial charge is 0.252 e. The van der Waals surface area contributed by atoms with Gasteiger partial charge in [-0.3, -0.25) is 9.59 Å². The Balaban J connectivity index is 1.62. The molecule has 0 bridgehead atoms. The van der Waals surface area contributed by atoms with E-state index in [4.69, 9.17) is 0 Å². The molecule has 0 radical (unpaired) electrons. The Morgan fingerprint density at radius 1 is 1.00 bits per heavy atom. The number of nitrogens with one attached hydrogen (secondary N) is 2. The van der Waals surface area contributed by atoms with E-state index in [-0.39, 0.29) is 17.7 Å². The first kappa shape index (κ1) is 22.0. The molecular weight excluding hydrogens is 402 g/mol. The monoisotopic (exact) mass is 429 g/mol. The lowest BCUT2D eigenvalue weighted by Crippen LogP contribution is -2.44. The predicted molar refractivity (Wildman–Crippen MR) is 115 cm³/mol. The zero-order valence-electron chi connectivity index (χ0n) is 17.0. The van der Waals surface area contributed by atoms with Gasteiger partial charge in [0.1, 0.15) is 6.04 Å². The fourth-order valence-corrected chi connectivity index (χ4v) is 4.42. The zero-order chi connectivity index (χ0) is 21.6. The summed E-state index contributed by atoms with van der Waals surface area (Å²) >= 11 is 0. The minimum atomic E-state index is -3.17. The maximum atomic E-state index is 12.9. The predicted octanol–water partition coefficient (Wildman–Crippen LogP) is 1.95. The van der Waals surface area contributed by atoms with E-state index in [1.807, 2.05) is 24.3 Å². The van der Waals surface area contributed by atoms with Crippen LogP contribution in [-0.2, 0) is 14.8 Å². The Bertz CT molecular complexity index is 956. The minimum Gasteiger partial charge on any atom is -0.354 e. The highest BCUT2D eigenvalue weighted by molar-refractivity contribution is 7.88. The molecule has 1 heterocycles. The lowest BCUT2D eigenvalue weighted by atomic mass is 9.97. The van der Waals surface area contributed by atoms with Gasteiger partial charge in [0.05, 0.1) is 6.26 Å². The van der Waals surface area contributed by atoms with Gasteiger partial charge in [-0.2, -0.15) is 0 Å². The molecule has 2 amide bonds. The van der Waals surface area contributed by atoms with E-state index in [0.717, 1.165) is 0 Å². The van der Waals surface area contributed by atoms with Crippen LogP contribution in [0, 0.1) is 5.92 Å². The molecule has 1 fully saturated rings. The van der Waals surface area contributed by atoms with Gasteiger partial charge in [-0.15, -0.1) is 0 Å². The number of benzene rings is 2. The number of piperidine rings is 1. The molecule has 30 heavy (non-hydrogen) atoms. The number of hydrogen-bond acceptors (Lipinski definition) is 4. The second-order valence-corrected chi connectivity index (χ2v) is 9.52. The van der Waals surface area contributed by atoms with Crippen LogP contribution in [-0.4, -0.2) is 50.4 Å². The van der Waals surface area contributed by atoms with E-state index < -0.39 is 16.1 Å². The first-order chi connectivity index (χ1) is 14.3. The second-order valence-electron chi connectivity index (χ2n) is 7.53. The van der Waals surface area contributed by atoms with Crippen molar-refractivity contribution < 1.29 is 18.0 Å². The number of hydrogen-bond donors (Lipinski definition) is 2. The van der Waals surface area contributed by atoms with E-state index in [1.165, 1.54) is 10.6 Å². The molecule has 1 unspecified atom stereocenters. The quantitative estimate of drug-likeness (QED) is 0.703. The van der Waals surface area contributed by atoms with Gasteiger partial charge in [0.15, 0.2) is 0 Å². The third kappa shape index (κ3) is 5.90. The van der Waals surface area contributed by atoms with Gasteiger partial charge in [-0.05, 0) is 36.5 Å². The highest BCUT2D eigenvalue weighted by Crippen LogP contribution is 2.19. The van der Waals surface area contributed by atoms with Crippen LogP contribution < -0.4 is 10.6 Å². The molecule has 1 aliphatic rings. The normalized spacial score (nSPS) is 16.6. The largest absolute Gasteiger partial charge is 0.354 e. The molecule has 2 aromatic carbocycles. The number of carbonyl (C=O) groups excluding carboxylic acids is 2. The average molecular weight is 430 g/mol. The Labute approximate surface area is 177 Å². The maximum absolute atomic E-state index is 12.9. The van der Waals surface area contributed by atoms with E-state index >= 15 is 0 Å². The topological polar surface area (TPSA) is 95.6 Å². The van der Waals surface area contributed by atoms with Gasteiger partial charge < -0.3 is 10.6 Å². The van der Waals surface area contributed by atoms with Crippen molar-refractivity contribution in [2.24, 2.45) is 5.92 Å². The van der Waals surface area contributed by atoms with Crippen molar-refractivity contribution in [2.75, 3.05) is 25.9 Å². The molecule has 7 nitrogen and oxygen atoms in total. The molecule has 0 aliphatic carbocycles. The van der Waals surface area contributed by atoms with Crippen LogP contribution in [0.15, 0.2) is 60.7 Å². The summed E-state index contributed by atoms with van der Waals surface area (Å²) in [6.45, 7) is 1.37. The number of rotatable bonds is 7. The van der Waals surface area contributed by atoms with Gasteiger partial charge in [-0.25, -0.2) is 12.7 Å². The SMILES string of the molecule is CS(=O)(=O)N1CCC(CNC(=O)C(NC(=O)c2ccccc2)c2ccccc2)CC1. The molecule has 0 saturated carbocycles. The third-order valence-corrected chi connectivity index (χ3v) is 6.62. The molecule has 1 aliphatic heterocycles. The first-order valence-electron chi connectivity index (χ1n) is 9.98. The van der Waals surface area contributed by atoms with Crippen molar-refractivity contribution in [3.8, 4) is 0 Å². The van der Waals surface area contributed by atoms with Crippen LogP contribution in [0.4, 0.5) is 0 Å². The number of amides is 2. The number of sulfonamides is 1. The standard InChI is InChI=1S/C22H27N3O4S/c1-30(28,29)25-14-12-17(13-15-25)16-23-22(27)20(18-8-4-2-5-9-18)24-21(26)19-10-6-3-7-11-19/h2-11,17,20H,12-16H2,1H3,(H,23,27)(H,24,26). The minimum absolute atomic E-state index is 0.202. The Kier molecular flexibility index (Phi) is 7.23. The van der Waals surface area contributed by atoms with Crippen molar-refractivity contribution >= 4 is 21.8 Å². The first-order valence-corrected chi connectivity index (χ1v) is 11.8. The Morgan fingerprint density at radius 2 is 1.57 bits per heavy atom. The van der Waals surface area contributed by atoms with Crippen LogP contribution in [0.3, 0.4) is 0 Å². The summed E-state index contributed by atoms with van der Waals surface area (Å²) in [5.41, 5.74) is 1.19. The van der Waals surface area contributed by atoms with Crippen molar-refractivity contribution in [3.05, 3.63) is 71.8 Å². The molecule has 0 aromatic heterocycles. The van der Waals surface area contributed by atoms with Gasteiger partial charge in [-0.1, -0.05) is 48.5 Å². The fraction of sp³-hybridized carbons (Fsp3) is 0.364. The van der Waals surface area contributed by atoms with Crippen molar-refractivity contribution in [1.82, 2.24) is 14.9 Å². The number of carbonyl (C=O) groups is 2. The molecule has 2 N–H and O–H groups in total. The van der Waals surface area contributed by atoms with Crippen molar-refractivity contribution in [2.45, 2.75) is 18.9 Å². The zero-order valence-corrected chi connectivity index (χ0v) is 17.8. The molecule has 160 valence electrons. The summed E-state index contributed by atoms with van der Waals surface area (Å²) < 4.78 is 24.8. The van der Waals surface area contributed by atoms with E-state index in [9.17, 15) is 18.0 Å². The average Bonchev–Trinajstić information content (AvgIpc) is 2.76. The third-order valence-electron chi connectivity index (χ3n) is 5.31. The lowest BCUT2D eigenvalue weighted by molar-refractivity contribution is -0.123. The van der Waals surface area contributed by atoms with Crippen LogP contribution >= 0.6 is 0 Å². The van der Waals surface area contributed by atoms with Crippen LogP contribution in [0.25, 0.3) is 0 Å². The highest BCUT2D eigenvalue weighted by atomic mass is 32.2. The molecule has 0 spiro atoms. The molecule has 8 heteroatoms. The molecule has 1 saturated heterocycles. The highest BCUT2D eigenvalue weighted by Gasteiger charge is 2.27. The van der Waals surface area contributed by atoms with Gasteiger partial charge in [0.25, 0.3) is 5.91 Å². The van der Waals surface area contributed by atoms with E-state index in [1.54, 1.807) is 36.4 Å². The fourth-order valence-electron chi connectivity index (χ4n) is 3.54. The summed E-state index contributed by atoms with van der Waals surface area (Å²) in [5, 5.41) is 5.77.